The Balaban J connectivity index is 0.00000176. The summed E-state index contributed by atoms with van der Waals surface area (Å²) in [7, 11) is 0. The molecule has 7 nitrogen and oxygen atoms in total. The zero-order chi connectivity index (χ0) is 23.5. The molecule has 0 saturated heterocycles. The molecule has 0 unspecified atom stereocenters. The van der Waals surface area contributed by atoms with Crippen LogP contribution in [0.3, 0.4) is 0 Å². The van der Waals surface area contributed by atoms with E-state index in [1.54, 1.807) is 24.3 Å². The normalized spacial score (nSPS) is 10.5. The quantitative estimate of drug-likeness (QED) is 0.226. The van der Waals surface area contributed by atoms with E-state index in [2.05, 4.69) is 21.9 Å². The molecule has 0 bridgehead atoms. The highest BCUT2D eigenvalue weighted by molar-refractivity contribution is 6.67. The number of amides is 1. The van der Waals surface area contributed by atoms with Crippen molar-refractivity contribution in [3.05, 3.63) is 66.2 Å². The number of nitriles is 1. The summed E-state index contributed by atoms with van der Waals surface area (Å²) in [6.07, 6.45) is 1.08. The van der Waals surface area contributed by atoms with Crippen LogP contribution in [0.25, 0.3) is 10.8 Å². The molecular formula is C25H27N5O2. The number of rotatable bonds is 7. The lowest BCUT2D eigenvalue weighted by molar-refractivity contribution is -0.110. The molecule has 0 aliphatic carbocycles. The molecule has 32 heavy (non-hydrogen) atoms. The van der Waals surface area contributed by atoms with E-state index in [1.807, 2.05) is 50.2 Å². The standard InChI is InChI=1S/C23H21N5O2.C2H6/c1-15(25)21(23(30)26-18-11-8-16(9-12-18)5-4-14-24)28-27-20-13-10-17-6-2-3-7-19(17)22(20)29;1-2/h2-3,6-13,25,27,29H,4-5H2,1H3,(H,26,30);1-2H3/b25-15?,28-21-;. The molecule has 3 aromatic rings. The van der Waals surface area contributed by atoms with Gasteiger partial charge >= 0.3 is 0 Å². The number of hydrazone groups is 1. The molecule has 0 atom stereocenters. The smallest absolute Gasteiger partial charge is 0.277 e. The Labute approximate surface area is 187 Å². The molecule has 0 aliphatic rings. The lowest BCUT2D eigenvalue weighted by atomic mass is 10.1. The van der Waals surface area contributed by atoms with Gasteiger partial charge in [-0.3, -0.25) is 10.2 Å². The molecule has 3 rings (SSSR count). The molecular weight excluding hydrogens is 402 g/mol. The molecule has 4 N–H and O–H groups in total. The van der Waals surface area contributed by atoms with Crippen molar-refractivity contribution in [2.24, 2.45) is 5.10 Å². The van der Waals surface area contributed by atoms with Crippen molar-refractivity contribution < 1.29 is 9.90 Å². The van der Waals surface area contributed by atoms with Crippen molar-refractivity contribution in [3.63, 3.8) is 0 Å². The van der Waals surface area contributed by atoms with Gasteiger partial charge in [0.1, 0.15) is 5.75 Å². The first-order chi connectivity index (χ1) is 15.5. The molecule has 7 heteroatoms. The fourth-order valence-electron chi connectivity index (χ4n) is 2.91. The Morgan fingerprint density at radius 3 is 2.44 bits per heavy atom. The maximum Gasteiger partial charge on any atom is 0.277 e. The zero-order valence-electron chi connectivity index (χ0n) is 18.4. The topological polar surface area (TPSA) is 121 Å². The summed E-state index contributed by atoms with van der Waals surface area (Å²) in [5.41, 5.74) is 4.46. The van der Waals surface area contributed by atoms with Gasteiger partial charge in [-0.25, -0.2) is 0 Å². The van der Waals surface area contributed by atoms with Gasteiger partial charge < -0.3 is 15.8 Å². The molecule has 1 amide bonds. The van der Waals surface area contributed by atoms with Crippen molar-refractivity contribution >= 4 is 39.5 Å². The number of fused-ring (bicyclic) bond motifs is 1. The predicted octanol–water partition coefficient (Wildman–Crippen LogP) is 5.47. The Bertz CT molecular complexity index is 1160. The van der Waals surface area contributed by atoms with Crippen LogP contribution in [-0.2, 0) is 11.2 Å². The number of hydrogen-bond donors (Lipinski definition) is 4. The van der Waals surface area contributed by atoms with Gasteiger partial charge in [-0.15, -0.1) is 0 Å². The number of carbonyl (C=O) groups is 1. The molecule has 0 heterocycles. The fraction of sp³-hybridized carbons (Fsp3) is 0.200. The molecule has 0 aromatic heterocycles. The van der Waals surface area contributed by atoms with Gasteiger partial charge in [-0.2, -0.15) is 10.4 Å². The average Bonchev–Trinajstić information content (AvgIpc) is 2.81. The van der Waals surface area contributed by atoms with E-state index in [9.17, 15) is 9.90 Å². The number of phenolic OH excluding ortho intramolecular Hbond substituents is 1. The van der Waals surface area contributed by atoms with Crippen molar-refractivity contribution in [2.45, 2.75) is 33.6 Å². The summed E-state index contributed by atoms with van der Waals surface area (Å²) in [6, 6.07) is 20.1. The van der Waals surface area contributed by atoms with Gasteiger partial charge in [0.15, 0.2) is 5.71 Å². The van der Waals surface area contributed by atoms with E-state index in [0.29, 0.717) is 29.6 Å². The maximum absolute atomic E-state index is 12.6. The summed E-state index contributed by atoms with van der Waals surface area (Å²) in [5.74, 6) is -0.521. The summed E-state index contributed by atoms with van der Waals surface area (Å²) in [6.45, 7) is 5.46. The number of hydrogen-bond acceptors (Lipinski definition) is 6. The fourth-order valence-corrected chi connectivity index (χ4v) is 2.91. The third kappa shape index (κ3) is 6.16. The Hall–Kier alpha value is -4.18. The molecule has 0 fully saturated rings. The van der Waals surface area contributed by atoms with E-state index < -0.39 is 5.91 Å². The second kappa shape index (κ2) is 11.9. The van der Waals surface area contributed by atoms with Crippen LogP contribution in [0.4, 0.5) is 11.4 Å². The predicted molar refractivity (Wildman–Crippen MR) is 130 cm³/mol. The molecule has 164 valence electrons. The molecule has 3 aromatic carbocycles. The minimum Gasteiger partial charge on any atom is -0.505 e. The number of carbonyl (C=O) groups excluding carboxylic acids is 1. The average molecular weight is 430 g/mol. The van der Waals surface area contributed by atoms with Crippen LogP contribution >= 0.6 is 0 Å². The summed E-state index contributed by atoms with van der Waals surface area (Å²) in [4.78, 5) is 12.6. The summed E-state index contributed by atoms with van der Waals surface area (Å²) >= 11 is 0. The minimum atomic E-state index is -0.542. The number of benzene rings is 3. The van der Waals surface area contributed by atoms with Gasteiger partial charge in [-0.05, 0) is 42.5 Å². The Kier molecular flexibility index (Phi) is 8.93. The number of anilines is 2. The van der Waals surface area contributed by atoms with Crippen LogP contribution in [0.2, 0.25) is 0 Å². The second-order valence-electron chi connectivity index (χ2n) is 6.69. The number of phenols is 1. The van der Waals surface area contributed by atoms with Crippen molar-refractivity contribution in [1.29, 1.82) is 10.7 Å². The van der Waals surface area contributed by atoms with E-state index in [-0.39, 0.29) is 17.2 Å². The van der Waals surface area contributed by atoms with Gasteiger partial charge in [0.25, 0.3) is 5.91 Å². The summed E-state index contributed by atoms with van der Waals surface area (Å²) < 4.78 is 0. The number of aromatic hydroxyl groups is 1. The van der Waals surface area contributed by atoms with Gasteiger partial charge in [0.05, 0.1) is 17.5 Å². The van der Waals surface area contributed by atoms with Gasteiger partial charge in [0.2, 0.25) is 0 Å². The summed E-state index contributed by atoms with van der Waals surface area (Å²) in [5, 5.41) is 35.3. The van der Waals surface area contributed by atoms with Crippen molar-refractivity contribution in [2.75, 3.05) is 10.7 Å². The maximum atomic E-state index is 12.6. The number of nitrogens with zero attached hydrogens (tertiary/aromatic N) is 2. The molecule has 0 spiro atoms. The number of aryl methyl sites for hydroxylation is 1. The van der Waals surface area contributed by atoms with E-state index in [1.165, 1.54) is 6.92 Å². The SMILES string of the molecule is CC.CC(=N)/C(=N/Nc1ccc2ccccc2c1O)C(=O)Nc1ccc(CCC#N)cc1. The van der Waals surface area contributed by atoms with Crippen LogP contribution in [0, 0.1) is 16.7 Å². The first-order valence-corrected chi connectivity index (χ1v) is 10.4. The molecule has 0 radical (unpaired) electrons. The number of nitrogens with one attached hydrogen (secondary N) is 3. The zero-order valence-corrected chi connectivity index (χ0v) is 18.4. The Morgan fingerprint density at radius 1 is 1.09 bits per heavy atom. The van der Waals surface area contributed by atoms with Crippen LogP contribution in [-0.4, -0.2) is 22.4 Å². The van der Waals surface area contributed by atoms with E-state index in [0.717, 1.165) is 10.9 Å². The van der Waals surface area contributed by atoms with Crippen LogP contribution in [0.1, 0.15) is 32.8 Å². The minimum absolute atomic E-state index is 0.0206. The second-order valence-corrected chi connectivity index (χ2v) is 6.69. The van der Waals surface area contributed by atoms with E-state index >= 15 is 0 Å². The first kappa shape index (κ1) is 24.1. The largest absolute Gasteiger partial charge is 0.505 e. The van der Waals surface area contributed by atoms with Gasteiger partial charge in [-0.1, -0.05) is 56.3 Å². The lowest BCUT2D eigenvalue weighted by Crippen LogP contribution is -2.29. The monoisotopic (exact) mass is 429 g/mol. The van der Waals surface area contributed by atoms with Crippen molar-refractivity contribution in [3.8, 4) is 11.8 Å². The third-order valence-corrected chi connectivity index (χ3v) is 4.50. The first-order valence-electron chi connectivity index (χ1n) is 10.4. The highest BCUT2D eigenvalue weighted by Crippen LogP contribution is 2.32. The van der Waals surface area contributed by atoms with Gasteiger partial charge in [0, 0.05) is 17.5 Å². The van der Waals surface area contributed by atoms with Crippen LogP contribution in [0.5, 0.6) is 5.75 Å². The molecule has 0 saturated carbocycles. The Morgan fingerprint density at radius 2 is 1.78 bits per heavy atom. The van der Waals surface area contributed by atoms with Crippen LogP contribution < -0.4 is 10.7 Å². The lowest BCUT2D eigenvalue weighted by Gasteiger charge is -2.10. The highest BCUT2D eigenvalue weighted by Gasteiger charge is 2.15. The van der Waals surface area contributed by atoms with Crippen molar-refractivity contribution in [1.82, 2.24) is 0 Å². The third-order valence-electron chi connectivity index (χ3n) is 4.50. The highest BCUT2D eigenvalue weighted by atomic mass is 16.3. The van der Waals surface area contributed by atoms with Crippen LogP contribution in [0.15, 0.2) is 65.8 Å². The molecule has 0 aliphatic heterocycles. The van der Waals surface area contributed by atoms with E-state index in [4.69, 9.17) is 10.7 Å².